The molecule has 33 heavy (non-hydrogen) atoms. The van der Waals surface area contributed by atoms with Crippen molar-refractivity contribution in [3.63, 3.8) is 0 Å². The van der Waals surface area contributed by atoms with Crippen molar-refractivity contribution in [3.05, 3.63) is 108 Å². The fraction of sp³-hybridized carbons (Fsp3) is 0. The third kappa shape index (κ3) is 4.85. The molecule has 0 fully saturated rings. The molecule has 164 valence electrons. The number of hydrogen-bond donors (Lipinski definition) is 2. The van der Waals surface area contributed by atoms with E-state index >= 15 is 0 Å². The molecule has 0 unspecified atom stereocenters. The van der Waals surface area contributed by atoms with Gasteiger partial charge in [0.2, 0.25) is 5.91 Å². The number of para-hydroxylation sites is 1. The zero-order valence-corrected chi connectivity index (χ0v) is 17.2. The van der Waals surface area contributed by atoms with Crippen LogP contribution >= 0.6 is 0 Å². The quantitative estimate of drug-likeness (QED) is 0.427. The number of aromatic nitrogens is 2. The first kappa shape index (κ1) is 21.6. The summed E-state index contributed by atoms with van der Waals surface area (Å²) in [6.07, 6.45) is 4.51. The van der Waals surface area contributed by atoms with Gasteiger partial charge in [-0.1, -0.05) is 48.5 Å². The minimum atomic E-state index is -1.10. The molecule has 3 N–H and O–H groups in total. The van der Waals surface area contributed by atoms with Gasteiger partial charge >= 0.3 is 0 Å². The first-order valence-corrected chi connectivity index (χ1v) is 9.91. The van der Waals surface area contributed by atoms with Gasteiger partial charge in [-0.2, -0.15) is 5.10 Å². The Bertz CT molecular complexity index is 1350. The van der Waals surface area contributed by atoms with Crippen molar-refractivity contribution in [1.29, 1.82) is 0 Å². The maximum atomic E-state index is 14.0. The highest BCUT2D eigenvalue weighted by atomic mass is 19.1. The molecule has 8 heteroatoms. The predicted octanol–water partition coefficient (Wildman–Crippen LogP) is 4.57. The maximum absolute atomic E-state index is 14.0. The first-order valence-electron chi connectivity index (χ1n) is 9.91. The van der Waals surface area contributed by atoms with Crippen LogP contribution in [0.15, 0.2) is 85.1 Å². The van der Waals surface area contributed by atoms with E-state index in [1.54, 1.807) is 17.0 Å². The van der Waals surface area contributed by atoms with Crippen molar-refractivity contribution in [2.45, 2.75) is 0 Å². The van der Waals surface area contributed by atoms with Crippen molar-refractivity contribution < 1.29 is 18.4 Å². The van der Waals surface area contributed by atoms with Crippen LogP contribution in [0.5, 0.6) is 0 Å². The van der Waals surface area contributed by atoms with Crippen LogP contribution in [-0.2, 0) is 4.79 Å². The summed E-state index contributed by atoms with van der Waals surface area (Å²) in [5.74, 6) is -3.88. The Labute approximate surface area is 188 Å². The van der Waals surface area contributed by atoms with E-state index in [1.165, 1.54) is 6.08 Å². The van der Waals surface area contributed by atoms with Gasteiger partial charge in [0.15, 0.2) is 0 Å². The number of halogens is 2. The highest BCUT2D eigenvalue weighted by molar-refractivity contribution is 6.03. The molecule has 0 saturated heterocycles. The number of nitrogens with one attached hydrogen (secondary N) is 1. The summed E-state index contributed by atoms with van der Waals surface area (Å²) in [5, 5.41) is 6.95. The van der Waals surface area contributed by atoms with Gasteiger partial charge in [-0.05, 0) is 24.3 Å². The number of hydrogen-bond acceptors (Lipinski definition) is 3. The van der Waals surface area contributed by atoms with Crippen molar-refractivity contribution in [3.8, 4) is 16.9 Å². The average Bonchev–Trinajstić information content (AvgIpc) is 3.25. The van der Waals surface area contributed by atoms with Crippen LogP contribution in [0.25, 0.3) is 23.0 Å². The Hall–Kier alpha value is -4.59. The molecule has 4 rings (SSSR count). The molecule has 3 aromatic carbocycles. The second kappa shape index (κ2) is 9.27. The maximum Gasteiger partial charge on any atom is 0.251 e. The Kier molecular flexibility index (Phi) is 6.08. The number of rotatable bonds is 6. The second-order valence-electron chi connectivity index (χ2n) is 7.08. The van der Waals surface area contributed by atoms with Gasteiger partial charge in [0.25, 0.3) is 5.91 Å². The topological polar surface area (TPSA) is 90.0 Å². The number of carbonyl (C=O) groups is 2. The van der Waals surface area contributed by atoms with Crippen LogP contribution in [-0.4, -0.2) is 21.6 Å². The van der Waals surface area contributed by atoms with Crippen LogP contribution in [0.3, 0.4) is 0 Å². The third-order valence-corrected chi connectivity index (χ3v) is 4.80. The Balaban J connectivity index is 1.64. The van der Waals surface area contributed by atoms with Gasteiger partial charge in [0.1, 0.15) is 11.6 Å². The molecule has 0 spiro atoms. The lowest BCUT2D eigenvalue weighted by Crippen LogP contribution is -2.16. The minimum absolute atomic E-state index is 0.358. The van der Waals surface area contributed by atoms with Crippen molar-refractivity contribution in [2.75, 3.05) is 5.32 Å². The molecule has 0 radical (unpaired) electrons. The molecule has 0 saturated carbocycles. The molecule has 1 heterocycles. The van der Waals surface area contributed by atoms with E-state index in [2.05, 4.69) is 10.4 Å². The molecule has 0 aliphatic rings. The predicted molar refractivity (Wildman–Crippen MR) is 122 cm³/mol. The lowest BCUT2D eigenvalue weighted by molar-refractivity contribution is -0.111. The Morgan fingerprint density at radius 1 is 0.939 bits per heavy atom. The van der Waals surface area contributed by atoms with Crippen molar-refractivity contribution in [2.24, 2.45) is 5.73 Å². The van der Waals surface area contributed by atoms with E-state index < -0.39 is 29.0 Å². The van der Waals surface area contributed by atoms with Crippen molar-refractivity contribution >= 4 is 23.6 Å². The summed E-state index contributed by atoms with van der Waals surface area (Å²) in [4.78, 5) is 23.7. The van der Waals surface area contributed by atoms with Gasteiger partial charge < -0.3 is 11.1 Å². The van der Waals surface area contributed by atoms with E-state index in [1.807, 2.05) is 60.7 Å². The largest absolute Gasteiger partial charge is 0.366 e. The van der Waals surface area contributed by atoms with E-state index in [9.17, 15) is 18.4 Å². The summed E-state index contributed by atoms with van der Waals surface area (Å²) < 4.78 is 29.4. The minimum Gasteiger partial charge on any atom is -0.366 e. The van der Waals surface area contributed by atoms with Gasteiger partial charge in [0, 0.05) is 29.5 Å². The monoisotopic (exact) mass is 444 g/mol. The average molecular weight is 444 g/mol. The summed E-state index contributed by atoms with van der Waals surface area (Å²) >= 11 is 0. The van der Waals surface area contributed by atoms with E-state index in [-0.39, 0.29) is 5.69 Å². The zero-order valence-electron chi connectivity index (χ0n) is 17.2. The lowest BCUT2D eigenvalue weighted by Gasteiger charge is -2.06. The summed E-state index contributed by atoms with van der Waals surface area (Å²) in [6, 6.07) is 20.3. The number of carbonyl (C=O) groups excluding carboxylic acids is 2. The van der Waals surface area contributed by atoms with Crippen LogP contribution in [0.2, 0.25) is 0 Å². The summed E-state index contributed by atoms with van der Waals surface area (Å²) in [5.41, 5.74) is 7.19. The number of amides is 2. The molecule has 0 bridgehead atoms. The highest BCUT2D eigenvalue weighted by Crippen LogP contribution is 2.25. The number of benzene rings is 3. The van der Waals surface area contributed by atoms with Crippen LogP contribution in [0.1, 0.15) is 15.9 Å². The fourth-order valence-corrected chi connectivity index (χ4v) is 3.22. The molecule has 4 aromatic rings. The number of nitrogens with zero attached hydrogens (tertiary/aromatic N) is 2. The van der Waals surface area contributed by atoms with Gasteiger partial charge in [-0.3, -0.25) is 9.59 Å². The van der Waals surface area contributed by atoms with Crippen LogP contribution < -0.4 is 11.1 Å². The van der Waals surface area contributed by atoms with Gasteiger partial charge in [-0.25, -0.2) is 13.5 Å². The standard InChI is InChI=1S/C25H18F2N4O2/c26-20-14-21(27)22(13-19(20)25(28)33)29-23(32)12-11-17-15-31(18-9-5-2-6-10-18)30-24(17)16-7-3-1-4-8-16/h1-15H,(H2,28,33)(H,29,32)/b12-11+. The van der Waals surface area contributed by atoms with E-state index in [0.29, 0.717) is 17.3 Å². The zero-order chi connectivity index (χ0) is 23.4. The number of primary amides is 1. The fourth-order valence-electron chi connectivity index (χ4n) is 3.22. The molecular weight excluding hydrogens is 426 g/mol. The van der Waals surface area contributed by atoms with Gasteiger partial charge in [-0.15, -0.1) is 0 Å². The molecule has 0 aliphatic carbocycles. The third-order valence-electron chi connectivity index (χ3n) is 4.80. The number of anilines is 1. The van der Waals surface area contributed by atoms with E-state index in [4.69, 9.17) is 5.73 Å². The molecule has 1 aromatic heterocycles. The Morgan fingerprint density at radius 2 is 1.61 bits per heavy atom. The second-order valence-corrected chi connectivity index (χ2v) is 7.08. The summed E-state index contributed by atoms with van der Waals surface area (Å²) in [7, 11) is 0. The normalized spacial score (nSPS) is 11.0. The van der Waals surface area contributed by atoms with Crippen LogP contribution in [0.4, 0.5) is 14.5 Å². The number of nitrogens with two attached hydrogens (primary N) is 1. The highest BCUT2D eigenvalue weighted by Gasteiger charge is 2.15. The van der Waals surface area contributed by atoms with E-state index in [0.717, 1.165) is 17.3 Å². The molecule has 0 atom stereocenters. The summed E-state index contributed by atoms with van der Waals surface area (Å²) in [6.45, 7) is 0. The van der Waals surface area contributed by atoms with Crippen LogP contribution in [0, 0.1) is 11.6 Å². The smallest absolute Gasteiger partial charge is 0.251 e. The molecule has 2 amide bonds. The lowest BCUT2D eigenvalue weighted by atomic mass is 10.1. The Morgan fingerprint density at radius 3 is 2.27 bits per heavy atom. The molecule has 6 nitrogen and oxygen atoms in total. The molecule has 0 aliphatic heterocycles. The first-order chi connectivity index (χ1) is 15.9. The molecular formula is C25H18F2N4O2. The SMILES string of the molecule is NC(=O)c1cc(NC(=O)/C=C/c2cn(-c3ccccc3)nc2-c2ccccc2)c(F)cc1F. The van der Waals surface area contributed by atoms with Crippen molar-refractivity contribution in [1.82, 2.24) is 9.78 Å². The van der Waals surface area contributed by atoms with Gasteiger partial charge in [0.05, 0.1) is 22.6 Å².